The van der Waals surface area contributed by atoms with Gasteiger partial charge in [-0.25, -0.2) is 9.13 Å². The number of para-hydroxylation sites is 3. The van der Waals surface area contributed by atoms with Gasteiger partial charge in [0, 0.05) is 22.3 Å². The molecule has 1 aromatic heterocycles. The first-order valence-corrected chi connectivity index (χ1v) is 13.6. The van der Waals surface area contributed by atoms with Crippen LogP contribution in [0.4, 0.5) is 0 Å². The van der Waals surface area contributed by atoms with Crippen LogP contribution in [0, 0.1) is 0 Å². The first-order valence-electron chi connectivity index (χ1n) is 13.6. The van der Waals surface area contributed by atoms with Gasteiger partial charge in [0.15, 0.2) is 0 Å². The maximum atomic E-state index is 6.31. The number of nitrogens with zero attached hydrogens (tertiary/aromatic N) is 2. The van der Waals surface area contributed by atoms with E-state index in [-0.39, 0.29) is 0 Å². The van der Waals surface area contributed by atoms with Crippen LogP contribution in [-0.4, -0.2) is 12.0 Å². The van der Waals surface area contributed by atoms with E-state index in [0.717, 1.165) is 11.5 Å². The monoisotopic (exact) mass is 492 g/mol. The summed E-state index contributed by atoms with van der Waals surface area (Å²) < 4.78 is 11.0. The lowest BCUT2D eigenvalue weighted by Gasteiger charge is -2.25. The van der Waals surface area contributed by atoms with Crippen LogP contribution in [0.2, 0.25) is 0 Å². The summed E-state index contributed by atoms with van der Waals surface area (Å²) in [6, 6.07) is 23.5. The molecule has 0 atom stereocenters. The number of aromatic nitrogens is 2. The van der Waals surface area contributed by atoms with Gasteiger partial charge < -0.3 is 4.65 Å². The average molecular weight is 493 g/mol. The summed E-state index contributed by atoms with van der Waals surface area (Å²) >= 11 is 0. The zero-order chi connectivity index (χ0) is 26.7. The summed E-state index contributed by atoms with van der Waals surface area (Å²) in [6.07, 6.45) is 4.41. The zero-order valence-corrected chi connectivity index (χ0v) is 23.7. The molecule has 0 saturated carbocycles. The predicted octanol–water partition coefficient (Wildman–Crippen LogP) is 7.57. The zero-order valence-electron chi connectivity index (χ0n) is 23.7. The third-order valence-electron chi connectivity index (χ3n) is 7.07. The average Bonchev–Trinajstić information content (AvgIpc) is 3.30. The molecule has 0 bridgehead atoms. The SMILES string of the molecule is CC(C)c1cccc(C(C)C)c1-n1cc[n+](-c2c(C(C)C)cccc2C(C)C)c1[B-]Oc1ccccc1. The van der Waals surface area contributed by atoms with Crippen molar-refractivity contribution in [2.75, 3.05) is 0 Å². The van der Waals surface area contributed by atoms with Gasteiger partial charge in [-0.3, -0.25) is 0 Å². The lowest BCUT2D eigenvalue weighted by Crippen LogP contribution is -2.53. The summed E-state index contributed by atoms with van der Waals surface area (Å²) in [4.78, 5) is 0. The van der Waals surface area contributed by atoms with E-state index in [1.807, 2.05) is 37.8 Å². The van der Waals surface area contributed by atoms with E-state index in [2.05, 4.69) is 113 Å². The molecule has 4 rings (SSSR count). The largest absolute Gasteiger partial charge is 0.762 e. The Kier molecular flexibility index (Phi) is 8.27. The molecule has 37 heavy (non-hydrogen) atoms. The molecule has 0 spiro atoms. The molecule has 4 heteroatoms. The number of hydrogen-bond donors (Lipinski definition) is 0. The highest BCUT2D eigenvalue weighted by molar-refractivity contribution is 6.44. The Labute approximate surface area is 224 Å². The summed E-state index contributed by atoms with van der Waals surface area (Å²) in [5.41, 5.74) is 8.85. The topological polar surface area (TPSA) is 18.0 Å². The van der Waals surface area contributed by atoms with Gasteiger partial charge in [0.2, 0.25) is 0 Å². The van der Waals surface area contributed by atoms with Crippen LogP contribution < -0.4 is 14.9 Å². The molecule has 2 radical (unpaired) electrons. The van der Waals surface area contributed by atoms with Crippen LogP contribution in [0.3, 0.4) is 0 Å². The van der Waals surface area contributed by atoms with Crippen LogP contribution in [0.1, 0.15) is 101 Å². The fourth-order valence-corrected chi connectivity index (χ4v) is 5.09. The fourth-order valence-electron chi connectivity index (χ4n) is 5.09. The van der Waals surface area contributed by atoms with Crippen molar-refractivity contribution in [2.24, 2.45) is 0 Å². The molecule has 0 amide bonds. The van der Waals surface area contributed by atoms with E-state index in [4.69, 9.17) is 4.65 Å². The van der Waals surface area contributed by atoms with Gasteiger partial charge in [0.05, 0.1) is 19.0 Å². The molecule has 0 unspecified atom stereocenters. The molecule has 0 aliphatic heterocycles. The number of hydrogen-bond acceptors (Lipinski definition) is 1. The fraction of sp³-hybridized carbons (Fsp3) is 0.364. The Morgan fingerprint density at radius 1 is 0.622 bits per heavy atom. The Morgan fingerprint density at radius 2 is 1.11 bits per heavy atom. The molecule has 4 aromatic rings. The maximum Gasteiger partial charge on any atom is 0.135 e. The second kappa shape index (κ2) is 11.4. The Hall–Kier alpha value is -3.27. The van der Waals surface area contributed by atoms with Crippen molar-refractivity contribution in [3.05, 3.63) is 101 Å². The summed E-state index contributed by atoms with van der Waals surface area (Å²) in [5.74, 6) is 2.38. The minimum atomic E-state index is 0.390. The van der Waals surface area contributed by atoms with E-state index in [1.165, 1.54) is 33.6 Å². The molecule has 3 aromatic carbocycles. The van der Waals surface area contributed by atoms with Crippen molar-refractivity contribution in [2.45, 2.75) is 79.1 Å². The molecular formula is C33H41BN2O. The molecule has 1 heterocycles. The highest BCUT2D eigenvalue weighted by Crippen LogP contribution is 2.31. The van der Waals surface area contributed by atoms with Crippen LogP contribution in [0.25, 0.3) is 11.4 Å². The highest BCUT2D eigenvalue weighted by Gasteiger charge is 2.25. The van der Waals surface area contributed by atoms with Gasteiger partial charge in [-0.2, -0.15) is 0 Å². The first kappa shape index (κ1) is 26.8. The van der Waals surface area contributed by atoms with Crippen LogP contribution >= 0.6 is 0 Å². The van der Waals surface area contributed by atoms with Gasteiger partial charge in [-0.15, -0.1) is 0 Å². The van der Waals surface area contributed by atoms with Crippen molar-refractivity contribution in [3.8, 4) is 17.1 Å². The van der Waals surface area contributed by atoms with Gasteiger partial charge >= 0.3 is 0 Å². The van der Waals surface area contributed by atoms with Crippen LogP contribution in [-0.2, 0) is 0 Å². The van der Waals surface area contributed by atoms with E-state index in [0.29, 0.717) is 23.7 Å². The van der Waals surface area contributed by atoms with Gasteiger partial charge in [0.1, 0.15) is 23.8 Å². The standard InChI is InChI=1S/C33H41BN2O/c1-22(2)27-16-12-17-28(23(3)4)31(27)35-20-21-36(33(35)34-37-26-14-10-9-11-15-26)32-29(24(5)6)18-13-19-30(32)25(7)8/h9-25H,1-8H3. The smallest absolute Gasteiger partial charge is 0.135 e. The van der Waals surface area contributed by atoms with Crippen molar-refractivity contribution >= 4 is 13.2 Å². The third kappa shape index (κ3) is 5.54. The highest BCUT2D eigenvalue weighted by atomic mass is 16.4. The van der Waals surface area contributed by atoms with Gasteiger partial charge in [-0.05, 0) is 35.8 Å². The van der Waals surface area contributed by atoms with E-state index in [1.54, 1.807) is 0 Å². The van der Waals surface area contributed by atoms with E-state index >= 15 is 0 Å². The van der Waals surface area contributed by atoms with Crippen molar-refractivity contribution in [1.29, 1.82) is 0 Å². The molecule has 0 aliphatic rings. The molecule has 0 fully saturated rings. The van der Waals surface area contributed by atoms with Crippen molar-refractivity contribution < 1.29 is 9.22 Å². The number of imidazole rings is 1. The van der Waals surface area contributed by atoms with Crippen LogP contribution in [0.5, 0.6) is 5.75 Å². The molecule has 0 aliphatic carbocycles. The summed E-state index contributed by atoms with van der Waals surface area (Å²) in [6.45, 7) is 18.2. The molecule has 0 N–H and O–H groups in total. The minimum Gasteiger partial charge on any atom is -0.762 e. The normalized spacial score (nSPS) is 11.8. The molecule has 192 valence electrons. The van der Waals surface area contributed by atoms with Crippen LogP contribution in [0.15, 0.2) is 79.1 Å². The summed E-state index contributed by atoms with van der Waals surface area (Å²) in [5, 5.41) is 0. The third-order valence-corrected chi connectivity index (χ3v) is 7.07. The van der Waals surface area contributed by atoms with Crippen molar-refractivity contribution in [3.63, 3.8) is 0 Å². The van der Waals surface area contributed by atoms with Crippen molar-refractivity contribution in [1.82, 2.24) is 4.57 Å². The van der Waals surface area contributed by atoms with Gasteiger partial charge in [-0.1, -0.05) is 110 Å². The van der Waals surface area contributed by atoms with E-state index in [9.17, 15) is 0 Å². The molecule has 0 saturated heterocycles. The van der Waals surface area contributed by atoms with Gasteiger partial charge in [0.25, 0.3) is 0 Å². The quantitative estimate of drug-likeness (QED) is 0.174. The predicted molar refractivity (Wildman–Crippen MR) is 156 cm³/mol. The lowest BCUT2D eigenvalue weighted by atomic mass is 9.90. The molecule has 3 nitrogen and oxygen atoms in total. The lowest BCUT2D eigenvalue weighted by molar-refractivity contribution is -0.577. The summed E-state index contributed by atoms with van der Waals surface area (Å²) in [7, 11) is 1.91. The number of benzene rings is 3. The molecular weight excluding hydrogens is 451 g/mol. The first-order chi connectivity index (χ1) is 17.7. The minimum absolute atomic E-state index is 0.390. The Balaban J connectivity index is 2.01. The Bertz CT molecular complexity index is 1200. The van der Waals surface area contributed by atoms with E-state index < -0.39 is 0 Å². The number of rotatable bonds is 9. The maximum absolute atomic E-state index is 6.31. The second-order valence-corrected chi connectivity index (χ2v) is 11.1. The Morgan fingerprint density at radius 3 is 1.59 bits per heavy atom. The second-order valence-electron chi connectivity index (χ2n) is 11.1.